The first-order valence-corrected chi connectivity index (χ1v) is 9.91. The van der Waals surface area contributed by atoms with E-state index in [2.05, 4.69) is 58.1 Å². The largest absolute Gasteiger partial charge is 0.422 e. The quantitative estimate of drug-likeness (QED) is 0.503. The monoisotopic (exact) mass is 360 g/mol. The van der Waals surface area contributed by atoms with Crippen LogP contribution in [0.4, 0.5) is 0 Å². The van der Waals surface area contributed by atoms with Crippen molar-refractivity contribution in [2.75, 3.05) is 0 Å². The van der Waals surface area contributed by atoms with E-state index in [1.54, 1.807) is 0 Å². The highest BCUT2D eigenvalue weighted by molar-refractivity contribution is 7.15. The van der Waals surface area contributed by atoms with Crippen molar-refractivity contribution in [2.24, 2.45) is 0 Å². The SMILES string of the molecule is O=c1oc2c(CP)c(-c3ccc(CP)cc3)ccc2cc1CP. The van der Waals surface area contributed by atoms with Crippen molar-refractivity contribution in [3.05, 3.63) is 69.6 Å². The molecule has 0 aliphatic rings. The predicted octanol–water partition coefficient (Wildman–Crippen LogP) is 4.59. The van der Waals surface area contributed by atoms with Crippen molar-refractivity contribution in [1.82, 2.24) is 0 Å². The van der Waals surface area contributed by atoms with Gasteiger partial charge in [-0.15, -0.1) is 27.7 Å². The minimum atomic E-state index is -0.247. The smallest absolute Gasteiger partial charge is 0.339 e. The molecule has 5 heteroatoms. The van der Waals surface area contributed by atoms with Crippen LogP contribution in [-0.4, -0.2) is 0 Å². The van der Waals surface area contributed by atoms with Gasteiger partial charge in [0, 0.05) is 16.5 Å². The normalized spacial score (nSPS) is 11.1. The Balaban J connectivity index is 2.23. The van der Waals surface area contributed by atoms with Gasteiger partial charge in [0.25, 0.3) is 0 Å². The van der Waals surface area contributed by atoms with Crippen LogP contribution < -0.4 is 5.63 Å². The second-order valence-corrected chi connectivity index (χ2v) is 6.60. The van der Waals surface area contributed by atoms with E-state index in [0.717, 1.165) is 34.4 Å². The molecule has 3 aromatic rings. The fourth-order valence-electron chi connectivity index (χ4n) is 2.72. The zero-order valence-electron chi connectivity index (χ0n) is 12.7. The molecule has 3 rings (SSSR count). The first kappa shape index (κ1) is 16.8. The third-order valence-corrected chi connectivity index (χ3v) is 5.32. The van der Waals surface area contributed by atoms with Gasteiger partial charge >= 0.3 is 5.63 Å². The number of hydrogen-bond acceptors (Lipinski definition) is 2. The molecule has 0 bridgehead atoms. The fourth-order valence-corrected chi connectivity index (χ4v) is 3.68. The fraction of sp³-hybridized carbons (Fsp3) is 0.167. The molecule has 0 aliphatic carbocycles. The summed E-state index contributed by atoms with van der Waals surface area (Å²) in [7, 11) is 8.05. The number of rotatable bonds is 4. The Labute approximate surface area is 142 Å². The molecular weight excluding hydrogens is 341 g/mol. The summed E-state index contributed by atoms with van der Waals surface area (Å²) in [6.45, 7) is 0. The summed E-state index contributed by atoms with van der Waals surface area (Å²) >= 11 is 0. The molecule has 2 aromatic carbocycles. The molecule has 23 heavy (non-hydrogen) atoms. The first-order chi connectivity index (χ1) is 11.2. The summed E-state index contributed by atoms with van der Waals surface area (Å²) < 4.78 is 5.63. The average molecular weight is 360 g/mol. The standard InChI is InChI=1S/C18H19O2P3/c19-18-14(9-22)7-13-5-6-15(16(10-23)17(13)20-18)12-3-1-11(8-21)2-4-12/h1-7H,8-10,21-23H2. The van der Waals surface area contributed by atoms with Gasteiger partial charge in [0.2, 0.25) is 0 Å². The van der Waals surface area contributed by atoms with Crippen molar-refractivity contribution < 1.29 is 4.42 Å². The van der Waals surface area contributed by atoms with Crippen LogP contribution in [0.5, 0.6) is 0 Å². The Bertz CT molecular complexity index is 899. The molecule has 0 N–H and O–H groups in total. The molecule has 1 heterocycles. The van der Waals surface area contributed by atoms with Crippen LogP contribution in [0.15, 0.2) is 51.7 Å². The predicted molar refractivity (Wildman–Crippen MR) is 108 cm³/mol. The lowest BCUT2D eigenvalue weighted by atomic mass is 9.97. The maximum absolute atomic E-state index is 12.1. The van der Waals surface area contributed by atoms with Crippen molar-refractivity contribution in [3.8, 4) is 11.1 Å². The van der Waals surface area contributed by atoms with Crippen molar-refractivity contribution >= 4 is 38.7 Å². The number of hydrogen-bond donors (Lipinski definition) is 0. The molecular formula is C18H19O2P3. The first-order valence-electron chi connectivity index (χ1n) is 7.46. The third kappa shape index (κ3) is 3.27. The van der Waals surface area contributed by atoms with Crippen LogP contribution in [-0.2, 0) is 18.5 Å². The van der Waals surface area contributed by atoms with Crippen LogP contribution in [0, 0.1) is 0 Å². The second-order valence-electron chi connectivity index (χ2n) is 5.38. The Hall–Kier alpha value is -1.06. The lowest BCUT2D eigenvalue weighted by molar-refractivity contribution is 0.552. The van der Waals surface area contributed by atoms with Crippen LogP contribution in [0.25, 0.3) is 22.1 Å². The van der Waals surface area contributed by atoms with Gasteiger partial charge in [0.15, 0.2) is 0 Å². The second kappa shape index (κ2) is 7.23. The van der Waals surface area contributed by atoms with Gasteiger partial charge in [-0.3, -0.25) is 0 Å². The summed E-state index contributed by atoms with van der Waals surface area (Å²) in [6, 6.07) is 14.6. The minimum Gasteiger partial charge on any atom is -0.422 e. The molecule has 2 nitrogen and oxygen atoms in total. The lowest BCUT2D eigenvalue weighted by Crippen LogP contribution is -2.05. The Morgan fingerprint density at radius 3 is 2.22 bits per heavy atom. The molecule has 3 atom stereocenters. The van der Waals surface area contributed by atoms with E-state index in [1.165, 1.54) is 5.56 Å². The van der Waals surface area contributed by atoms with E-state index in [9.17, 15) is 4.79 Å². The maximum Gasteiger partial charge on any atom is 0.339 e. The average Bonchev–Trinajstić information content (AvgIpc) is 2.60. The minimum absolute atomic E-state index is 0.247. The summed E-state index contributed by atoms with van der Waals surface area (Å²) in [6.07, 6.45) is 2.29. The van der Waals surface area contributed by atoms with Gasteiger partial charge in [-0.2, -0.15) is 0 Å². The molecule has 0 fully saturated rings. The van der Waals surface area contributed by atoms with Gasteiger partial charge in [-0.25, -0.2) is 4.79 Å². The zero-order valence-corrected chi connectivity index (χ0v) is 16.2. The van der Waals surface area contributed by atoms with E-state index in [0.29, 0.717) is 17.3 Å². The van der Waals surface area contributed by atoms with Crippen molar-refractivity contribution in [2.45, 2.75) is 18.5 Å². The number of benzene rings is 2. The van der Waals surface area contributed by atoms with Gasteiger partial charge in [-0.05, 0) is 41.2 Å². The van der Waals surface area contributed by atoms with Crippen LogP contribution in [0.3, 0.4) is 0 Å². The molecule has 3 unspecified atom stereocenters. The highest BCUT2D eigenvalue weighted by Crippen LogP contribution is 2.32. The third-order valence-electron chi connectivity index (χ3n) is 4.00. The van der Waals surface area contributed by atoms with E-state index in [4.69, 9.17) is 4.42 Å². The lowest BCUT2D eigenvalue weighted by Gasteiger charge is -2.12. The van der Waals surface area contributed by atoms with Crippen molar-refractivity contribution in [1.29, 1.82) is 0 Å². The highest BCUT2D eigenvalue weighted by atomic mass is 31.0. The molecule has 0 saturated carbocycles. The van der Waals surface area contributed by atoms with Crippen LogP contribution in [0.1, 0.15) is 16.7 Å². The summed E-state index contributed by atoms with van der Waals surface area (Å²) in [5.41, 5.74) is 5.73. The molecule has 118 valence electrons. The van der Waals surface area contributed by atoms with E-state index in [1.807, 2.05) is 12.1 Å². The summed E-state index contributed by atoms with van der Waals surface area (Å²) in [4.78, 5) is 12.1. The van der Waals surface area contributed by atoms with E-state index < -0.39 is 0 Å². The number of fused-ring (bicyclic) bond motifs is 1. The topological polar surface area (TPSA) is 30.2 Å². The molecule has 1 aromatic heterocycles. The summed E-state index contributed by atoms with van der Waals surface area (Å²) in [5.74, 6) is 0. The molecule has 0 aliphatic heterocycles. The Kier molecular flexibility index (Phi) is 5.27. The summed E-state index contributed by atoms with van der Waals surface area (Å²) in [5, 5.41) is 0.977. The van der Waals surface area contributed by atoms with Crippen LogP contribution in [0.2, 0.25) is 0 Å². The molecule has 0 saturated heterocycles. The molecule has 0 spiro atoms. The molecule has 0 amide bonds. The van der Waals surface area contributed by atoms with Gasteiger partial charge in [0.1, 0.15) is 5.58 Å². The van der Waals surface area contributed by atoms with E-state index in [-0.39, 0.29) is 5.63 Å². The Morgan fingerprint density at radius 2 is 1.61 bits per heavy atom. The highest BCUT2D eigenvalue weighted by Gasteiger charge is 2.12. The van der Waals surface area contributed by atoms with Gasteiger partial charge in [-0.1, -0.05) is 36.4 Å². The maximum atomic E-state index is 12.1. The van der Waals surface area contributed by atoms with Crippen molar-refractivity contribution in [3.63, 3.8) is 0 Å². The van der Waals surface area contributed by atoms with Crippen LogP contribution >= 0.6 is 27.7 Å². The van der Waals surface area contributed by atoms with Gasteiger partial charge in [0.05, 0.1) is 0 Å². The van der Waals surface area contributed by atoms with E-state index >= 15 is 0 Å². The van der Waals surface area contributed by atoms with Gasteiger partial charge < -0.3 is 4.42 Å². The zero-order chi connectivity index (χ0) is 16.4. The molecule has 0 radical (unpaired) electrons. The Morgan fingerprint density at radius 1 is 0.870 bits per heavy atom.